The molecule has 2 rings (SSSR count). The SMILES string of the molecule is Cc1ccc(C(=O)N2CCN(CCCCC(=O)O)CC2)s1. The third-order valence-electron chi connectivity index (χ3n) is 3.73. The molecule has 1 N–H and O–H groups in total. The first-order valence-electron chi connectivity index (χ1n) is 7.36. The maximum atomic E-state index is 12.3. The third-order valence-corrected chi connectivity index (χ3v) is 4.71. The zero-order chi connectivity index (χ0) is 15.2. The second-order valence-electron chi connectivity index (χ2n) is 5.39. The van der Waals surface area contributed by atoms with E-state index in [9.17, 15) is 9.59 Å². The summed E-state index contributed by atoms with van der Waals surface area (Å²) in [5, 5.41) is 8.60. The number of carboxylic acid groups (broad SMARTS) is 1. The predicted molar refractivity (Wildman–Crippen MR) is 82.9 cm³/mol. The highest BCUT2D eigenvalue weighted by atomic mass is 32.1. The summed E-state index contributed by atoms with van der Waals surface area (Å²) < 4.78 is 0. The first-order chi connectivity index (χ1) is 10.1. The fraction of sp³-hybridized carbons (Fsp3) is 0.600. The van der Waals surface area contributed by atoms with Crippen LogP contribution in [0.2, 0.25) is 0 Å². The van der Waals surface area contributed by atoms with E-state index in [4.69, 9.17) is 5.11 Å². The highest BCUT2D eigenvalue weighted by Crippen LogP contribution is 2.18. The summed E-state index contributed by atoms with van der Waals surface area (Å²) in [5.41, 5.74) is 0. The lowest BCUT2D eigenvalue weighted by Gasteiger charge is -2.34. The molecule has 0 aromatic carbocycles. The average Bonchev–Trinajstić information content (AvgIpc) is 2.90. The number of amides is 1. The Balaban J connectivity index is 1.70. The number of aryl methyl sites for hydroxylation is 1. The first kappa shape index (κ1) is 16.0. The number of unbranched alkanes of at least 4 members (excludes halogenated alkanes) is 1. The molecule has 1 aromatic heterocycles. The van der Waals surface area contributed by atoms with E-state index in [1.165, 1.54) is 0 Å². The maximum Gasteiger partial charge on any atom is 0.303 e. The van der Waals surface area contributed by atoms with Crippen LogP contribution < -0.4 is 0 Å². The van der Waals surface area contributed by atoms with E-state index in [0.717, 1.165) is 55.3 Å². The number of rotatable bonds is 6. The number of hydrogen-bond acceptors (Lipinski definition) is 4. The van der Waals surface area contributed by atoms with Crippen LogP contribution in [0.4, 0.5) is 0 Å². The van der Waals surface area contributed by atoms with Crippen LogP contribution in [0.3, 0.4) is 0 Å². The van der Waals surface area contributed by atoms with Crippen molar-refractivity contribution in [1.29, 1.82) is 0 Å². The molecule has 21 heavy (non-hydrogen) atoms. The molecule has 1 saturated heterocycles. The molecule has 0 aliphatic carbocycles. The van der Waals surface area contributed by atoms with Crippen molar-refractivity contribution in [3.8, 4) is 0 Å². The summed E-state index contributed by atoms with van der Waals surface area (Å²) in [7, 11) is 0. The molecule has 0 radical (unpaired) electrons. The molecule has 0 saturated carbocycles. The molecule has 0 bridgehead atoms. The van der Waals surface area contributed by atoms with Crippen molar-refractivity contribution in [2.75, 3.05) is 32.7 Å². The minimum atomic E-state index is -0.725. The number of aliphatic carboxylic acids is 1. The van der Waals surface area contributed by atoms with Crippen molar-refractivity contribution in [2.45, 2.75) is 26.2 Å². The van der Waals surface area contributed by atoms with E-state index in [-0.39, 0.29) is 12.3 Å². The van der Waals surface area contributed by atoms with Crippen LogP contribution in [0.25, 0.3) is 0 Å². The van der Waals surface area contributed by atoms with Crippen LogP contribution in [0.15, 0.2) is 12.1 Å². The van der Waals surface area contributed by atoms with Crippen molar-refractivity contribution in [3.05, 3.63) is 21.9 Å². The van der Waals surface area contributed by atoms with Crippen molar-refractivity contribution in [2.24, 2.45) is 0 Å². The topological polar surface area (TPSA) is 60.9 Å². The largest absolute Gasteiger partial charge is 0.481 e. The Morgan fingerprint density at radius 1 is 1.19 bits per heavy atom. The van der Waals surface area contributed by atoms with Crippen molar-refractivity contribution >= 4 is 23.2 Å². The molecular weight excluding hydrogens is 288 g/mol. The Bertz CT molecular complexity index is 493. The zero-order valence-corrected chi connectivity index (χ0v) is 13.2. The summed E-state index contributed by atoms with van der Waals surface area (Å²) in [6, 6.07) is 3.89. The number of carbonyl (C=O) groups is 2. The molecule has 1 aliphatic heterocycles. The summed E-state index contributed by atoms with van der Waals surface area (Å²) in [4.78, 5) is 29.0. The average molecular weight is 310 g/mol. The molecule has 5 nitrogen and oxygen atoms in total. The quantitative estimate of drug-likeness (QED) is 0.817. The Kier molecular flexibility index (Phi) is 5.76. The van der Waals surface area contributed by atoms with Gasteiger partial charge in [0.15, 0.2) is 0 Å². The van der Waals surface area contributed by atoms with Crippen molar-refractivity contribution in [1.82, 2.24) is 9.80 Å². The highest BCUT2D eigenvalue weighted by Gasteiger charge is 2.22. The van der Waals surface area contributed by atoms with Gasteiger partial charge in [-0.05, 0) is 38.4 Å². The second kappa shape index (κ2) is 7.56. The van der Waals surface area contributed by atoms with E-state index in [1.807, 2.05) is 24.0 Å². The Labute approximate surface area is 129 Å². The number of hydrogen-bond donors (Lipinski definition) is 1. The monoisotopic (exact) mass is 310 g/mol. The third kappa shape index (κ3) is 4.82. The zero-order valence-electron chi connectivity index (χ0n) is 12.4. The minimum Gasteiger partial charge on any atom is -0.481 e. The molecular formula is C15H22N2O3S. The number of carboxylic acids is 1. The lowest BCUT2D eigenvalue weighted by molar-refractivity contribution is -0.137. The molecule has 1 aromatic rings. The number of nitrogens with zero attached hydrogens (tertiary/aromatic N) is 2. The van der Waals surface area contributed by atoms with Crippen molar-refractivity contribution in [3.63, 3.8) is 0 Å². The van der Waals surface area contributed by atoms with Gasteiger partial charge in [0.05, 0.1) is 4.88 Å². The van der Waals surface area contributed by atoms with Gasteiger partial charge in [-0.15, -0.1) is 11.3 Å². The molecule has 6 heteroatoms. The van der Waals surface area contributed by atoms with E-state index in [2.05, 4.69) is 4.90 Å². The standard InChI is InChI=1S/C15H22N2O3S/c1-12-5-6-13(21-12)15(20)17-10-8-16(9-11-17)7-3-2-4-14(18)19/h5-6H,2-4,7-11H2,1H3,(H,18,19). The lowest BCUT2D eigenvalue weighted by atomic mass is 10.2. The molecule has 1 fully saturated rings. The number of thiophene rings is 1. The maximum absolute atomic E-state index is 12.3. The number of carbonyl (C=O) groups excluding carboxylic acids is 1. The van der Waals surface area contributed by atoms with Crippen LogP contribution in [0.1, 0.15) is 33.8 Å². The molecule has 116 valence electrons. The van der Waals surface area contributed by atoms with Crippen LogP contribution in [-0.4, -0.2) is 59.5 Å². The first-order valence-corrected chi connectivity index (χ1v) is 8.18. The van der Waals surface area contributed by atoms with E-state index in [1.54, 1.807) is 11.3 Å². The molecule has 0 atom stereocenters. The van der Waals surface area contributed by atoms with Gasteiger partial charge in [-0.25, -0.2) is 0 Å². The van der Waals surface area contributed by atoms with Gasteiger partial charge < -0.3 is 10.0 Å². The Hall–Kier alpha value is -1.40. The van der Waals surface area contributed by atoms with Gasteiger partial charge >= 0.3 is 5.97 Å². The lowest BCUT2D eigenvalue weighted by Crippen LogP contribution is -2.48. The van der Waals surface area contributed by atoms with E-state index >= 15 is 0 Å². The van der Waals surface area contributed by atoms with Crippen LogP contribution in [0, 0.1) is 6.92 Å². The molecule has 2 heterocycles. The molecule has 1 amide bonds. The number of piperazine rings is 1. The fourth-order valence-electron chi connectivity index (χ4n) is 2.49. The van der Waals surface area contributed by atoms with Gasteiger partial charge in [0.1, 0.15) is 0 Å². The Morgan fingerprint density at radius 3 is 2.48 bits per heavy atom. The molecule has 1 aliphatic rings. The summed E-state index contributed by atoms with van der Waals surface area (Å²) in [6.45, 7) is 6.21. The summed E-state index contributed by atoms with van der Waals surface area (Å²) >= 11 is 1.55. The van der Waals surface area contributed by atoms with Crippen LogP contribution >= 0.6 is 11.3 Å². The van der Waals surface area contributed by atoms with E-state index in [0.29, 0.717) is 0 Å². The Morgan fingerprint density at radius 2 is 1.90 bits per heavy atom. The van der Waals surface area contributed by atoms with Gasteiger partial charge in [0, 0.05) is 37.5 Å². The smallest absolute Gasteiger partial charge is 0.303 e. The summed E-state index contributed by atoms with van der Waals surface area (Å²) in [5.74, 6) is -0.588. The minimum absolute atomic E-state index is 0.138. The van der Waals surface area contributed by atoms with E-state index < -0.39 is 5.97 Å². The normalized spacial score (nSPS) is 16.1. The molecule has 0 unspecified atom stereocenters. The predicted octanol–water partition coefficient (Wildman–Crippen LogP) is 2.07. The van der Waals surface area contributed by atoms with Gasteiger partial charge in [0.2, 0.25) is 0 Å². The summed E-state index contributed by atoms with van der Waals surface area (Å²) in [6.07, 6.45) is 1.88. The highest BCUT2D eigenvalue weighted by molar-refractivity contribution is 7.13. The van der Waals surface area contributed by atoms with Crippen LogP contribution in [-0.2, 0) is 4.79 Å². The van der Waals surface area contributed by atoms with Gasteiger partial charge in [-0.2, -0.15) is 0 Å². The van der Waals surface area contributed by atoms with Gasteiger partial charge in [-0.3, -0.25) is 14.5 Å². The second-order valence-corrected chi connectivity index (χ2v) is 6.68. The van der Waals surface area contributed by atoms with Gasteiger partial charge in [0.25, 0.3) is 5.91 Å². The van der Waals surface area contributed by atoms with Crippen LogP contribution in [0.5, 0.6) is 0 Å². The van der Waals surface area contributed by atoms with Crippen molar-refractivity contribution < 1.29 is 14.7 Å². The molecule has 0 spiro atoms. The fourth-order valence-corrected chi connectivity index (χ4v) is 3.33. The van der Waals surface area contributed by atoms with Gasteiger partial charge in [-0.1, -0.05) is 0 Å².